The first-order valence-corrected chi connectivity index (χ1v) is 13.1. The summed E-state index contributed by atoms with van der Waals surface area (Å²) in [5.74, 6) is -12.2. The van der Waals surface area contributed by atoms with Crippen LogP contribution in [0.1, 0.15) is 45.9 Å². The number of hydrogen-bond donors (Lipinski definition) is 3. The number of aliphatic hydroxyl groups is 1. The molecule has 214 valence electrons. The lowest BCUT2D eigenvalue weighted by molar-refractivity contribution is -0.245. The van der Waals surface area contributed by atoms with Crippen LogP contribution in [0.15, 0.2) is 60.0 Å². The van der Waals surface area contributed by atoms with Gasteiger partial charge in [-0.15, -0.1) is 0 Å². The van der Waals surface area contributed by atoms with E-state index >= 15 is 0 Å². The maximum absolute atomic E-state index is 14.0. The maximum atomic E-state index is 14.0. The summed E-state index contributed by atoms with van der Waals surface area (Å²) >= 11 is 1.42. The number of H-pyrrole nitrogens is 1. The summed E-state index contributed by atoms with van der Waals surface area (Å²) < 4.78 is 80.8. The van der Waals surface area contributed by atoms with Crippen LogP contribution in [0.2, 0.25) is 0 Å². The van der Waals surface area contributed by atoms with E-state index in [2.05, 4.69) is 20.5 Å². The van der Waals surface area contributed by atoms with Gasteiger partial charge in [-0.05, 0) is 23.3 Å². The van der Waals surface area contributed by atoms with Crippen LogP contribution in [-0.4, -0.2) is 38.1 Å². The molecular weight excluding hydrogens is 571 g/mol. The molecule has 2 heterocycles. The van der Waals surface area contributed by atoms with Gasteiger partial charge in [-0.25, -0.2) is 26.9 Å². The number of hydrogen-bond acceptors (Lipinski definition) is 7. The lowest BCUT2D eigenvalue weighted by Gasteiger charge is -2.36. The third-order valence-corrected chi connectivity index (χ3v) is 7.30. The molecule has 4 aromatic rings. The molecule has 1 aromatic heterocycles. The highest BCUT2D eigenvalue weighted by molar-refractivity contribution is 7.99. The molecule has 0 bridgehead atoms. The van der Waals surface area contributed by atoms with Crippen molar-refractivity contribution in [2.45, 2.75) is 36.7 Å². The van der Waals surface area contributed by atoms with E-state index in [1.165, 1.54) is 42.4 Å². The van der Waals surface area contributed by atoms with Crippen molar-refractivity contribution in [2.75, 3.05) is 11.1 Å². The molecule has 3 N–H and O–H groups in total. The Bertz CT molecular complexity index is 1500. The van der Waals surface area contributed by atoms with Crippen molar-refractivity contribution in [3.05, 3.63) is 106 Å². The van der Waals surface area contributed by atoms with Crippen molar-refractivity contribution in [3.8, 4) is 0 Å². The predicted molar refractivity (Wildman–Crippen MR) is 136 cm³/mol. The van der Waals surface area contributed by atoms with Gasteiger partial charge < -0.3 is 19.9 Å². The molecule has 1 amide bonds. The molecule has 8 nitrogen and oxygen atoms in total. The largest absolute Gasteiger partial charge is 0.392 e. The molecule has 14 heteroatoms. The fourth-order valence-electron chi connectivity index (χ4n) is 4.18. The van der Waals surface area contributed by atoms with Crippen LogP contribution in [0.5, 0.6) is 0 Å². The number of nitrogens with zero attached hydrogens (tertiary/aromatic N) is 2. The van der Waals surface area contributed by atoms with E-state index in [0.717, 1.165) is 11.1 Å². The topological polar surface area (TPSA) is 109 Å². The van der Waals surface area contributed by atoms with Gasteiger partial charge in [0.05, 0.1) is 18.8 Å². The second-order valence-electron chi connectivity index (χ2n) is 8.97. The number of rotatable bonds is 8. The van der Waals surface area contributed by atoms with Crippen molar-refractivity contribution in [3.63, 3.8) is 0 Å². The number of halogens is 5. The second-order valence-corrected chi connectivity index (χ2v) is 9.98. The minimum atomic E-state index is -2.35. The molecule has 41 heavy (non-hydrogen) atoms. The van der Waals surface area contributed by atoms with Crippen LogP contribution in [0.4, 0.5) is 27.6 Å². The molecule has 0 saturated carbocycles. The minimum Gasteiger partial charge on any atom is -0.392 e. The number of carbonyl (C=O) groups is 1. The zero-order valence-electron chi connectivity index (χ0n) is 20.9. The van der Waals surface area contributed by atoms with E-state index < -0.39 is 46.8 Å². The van der Waals surface area contributed by atoms with Crippen LogP contribution >= 0.6 is 11.8 Å². The Balaban J connectivity index is 1.33. The molecule has 3 aromatic carbocycles. The highest BCUT2D eigenvalue weighted by Gasteiger charge is 2.33. The summed E-state index contributed by atoms with van der Waals surface area (Å²) in [6.07, 6.45) is 0.432. The van der Waals surface area contributed by atoms with E-state index in [1.54, 1.807) is 12.1 Å². The van der Waals surface area contributed by atoms with E-state index in [0.29, 0.717) is 22.9 Å². The minimum absolute atomic E-state index is 0.0343. The van der Waals surface area contributed by atoms with Crippen LogP contribution < -0.4 is 5.32 Å². The van der Waals surface area contributed by atoms with Gasteiger partial charge in [-0.3, -0.25) is 9.89 Å². The Morgan fingerprint density at radius 3 is 2.17 bits per heavy atom. The van der Waals surface area contributed by atoms with Gasteiger partial charge in [0.1, 0.15) is 11.9 Å². The highest BCUT2D eigenvalue weighted by atomic mass is 32.2. The van der Waals surface area contributed by atoms with Crippen molar-refractivity contribution >= 4 is 23.4 Å². The van der Waals surface area contributed by atoms with Gasteiger partial charge in [0.2, 0.25) is 5.82 Å². The Morgan fingerprint density at radius 1 is 0.927 bits per heavy atom. The number of ether oxygens (including phenoxy) is 2. The molecule has 0 spiro atoms. The van der Waals surface area contributed by atoms with E-state index in [1.807, 2.05) is 12.1 Å². The zero-order chi connectivity index (χ0) is 29.1. The third-order valence-electron chi connectivity index (χ3n) is 6.29. The summed E-state index contributed by atoms with van der Waals surface area (Å²) in [6, 6.07) is 13.1. The Labute approximate surface area is 233 Å². The van der Waals surface area contributed by atoms with Gasteiger partial charge in [0, 0.05) is 23.4 Å². The van der Waals surface area contributed by atoms with E-state index in [-0.39, 0.29) is 24.5 Å². The fraction of sp³-hybridized carbons (Fsp3) is 0.222. The Hall–Kier alpha value is -3.85. The van der Waals surface area contributed by atoms with E-state index in [4.69, 9.17) is 9.47 Å². The normalized spacial score (nSPS) is 18.8. The molecule has 1 saturated heterocycles. The number of carbonyl (C=O) groups excluding carboxylic acids is 1. The molecule has 3 unspecified atom stereocenters. The van der Waals surface area contributed by atoms with Crippen LogP contribution in [0.25, 0.3) is 0 Å². The molecule has 1 aliphatic heterocycles. The average Bonchev–Trinajstić information content (AvgIpc) is 3.52. The lowest BCUT2D eigenvalue weighted by atomic mass is 10.0. The summed E-state index contributed by atoms with van der Waals surface area (Å²) in [4.78, 5) is 16.5. The standard InChI is InChI=1S/C27H21F5N4O4S/c28-20-19(21(29)23(31)24(32)22(20)30)25(38)35-16-7-5-15(6-8-16)26-39-17(11-41-27-33-12-34-36-27)9-18(40-26)14-3-1-13(10-37)2-4-14/h1-8,12,17-18,26,37H,9-11H2,(H,35,38)(H,33,34,36). The van der Waals surface area contributed by atoms with Crippen molar-refractivity contribution in [1.29, 1.82) is 0 Å². The monoisotopic (exact) mass is 592 g/mol. The summed E-state index contributed by atoms with van der Waals surface area (Å²) in [7, 11) is 0. The highest BCUT2D eigenvalue weighted by Crippen LogP contribution is 2.39. The first-order chi connectivity index (χ1) is 19.7. The van der Waals surface area contributed by atoms with Gasteiger partial charge in [0.15, 0.2) is 34.7 Å². The second kappa shape index (κ2) is 12.3. The number of amides is 1. The van der Waals surface area contributed by atoms with Crippen molar-refractivity contribution in [1.82, 2.24) is 15.2 Å². The number of nitrogens with one attached hydrogen (secondary N) is 2. The molecule has 1 fully saturated rings. The first kappa shape index (κ1) is 28.7. The number of aromatic amines is 1. The maximum Gasteiger partial charge on any atom is 0.261 e. The van der Waals surface area contributed by atoms with E-state index in [9.17, 15) is 31.9 Å². The van der Waals surface area contributed by atoms with Gasteiger partial charge in [-0.2, -0.15) is 5.10 Å². The quantitative estimate of drug-likeness (QED) is 0.106. The smallest absolute Gasteiger partial charge is 0.261 e. The number of anilines is 1. The van der Waals surface area contributed by atoms with Crippen LogP contribution in [0, 0.1) is 29.1 Å². The summed E-state index contributed by atoms with van der Waals surface area (Å²) in [5, 5.41) is 18.7. The molecule has 0 radical (unpaired) electrons. The Kier molecular flexibility index (Phi) is 8.63. The summed E-state index contributed by atoms with van der Waals surface area (Å²) in [6.45, 7) is -0.0960. The van der Waals surface area contributed by atoms with Crippen molar-refractivity contribution in [2.24, 2.45) is 0 Å². The van der Waals surface area contributed by atoms with Crippen LogP contribution in [0.3, 0.4) is 0 Å². The number of aliphatic hydroxyl groups excluding tert-OH is 1. The molecular formula is C27H21F5N4O4S. The Morgan fingerprint density at radius 2 is 1.56 bits per heavy atom. The SMILES string of the molecule is O=C(Nc1ccc(C2OC(CSc3ncn[nH]3)CC(c3ccc(CO)cc3)O2)cc1)c1c(F)c(F)c(F)c(F)c1F. The molecule has 1 aliphatic rings. The van der Waals surface area contributed by atoms with Gasteiger partial charge in [-0.1, -0.05) is 48.2 Å². The van der Waals surface area contributed by atoms with Gasteiger partial charge >= 0.3 is 0 Å². The molecule has 3 atom stereocenters. The summed E-state index contributed by atoms with van der Waals surface area (Å²) in [5.41, 5.74) is 0.611. The third kappa shape index (κ3) is 6.25. The fourth-order valence-corrected chi connectivity index (χ4v) is 4.98. The predicted octanol–water partition coefficient (Wildman–Crippen LogP) is 5.58. The zero-order valence-corrected chi connectivity index (χ0v) is 21.7. The van der Waals surface area contributed by atoms with Crippen LogP contribution in [-0.2, 0) is 16.1 Å². The molecule has 5 rings (SSSR count). The average molecular weight is 593 g/mol. The molecule has 0 aliphatic carbocycles. The van der Waals surface area contributed by atoms with Gasteiger partial charge in [0.25, 0.3) is 5.91 Å². The van der Waals surface area contributed by atoms with Crippen molar-refractivity contribution < 1.29 is 41.3 Å². The number of aromatic nitrogens is 3. The number of thioether (sulfide) groups is 1. The number of benzene rings is 3. The lowest BCUT2D eigenvalue weighted by Crippen LogP contribution is -2.31. The first-order valence-electron chi connectivity index (χ1n) is 12.2.